The zero-order valence-electron chi connectivity index (χ0n) is 9.86. The molecule has 1 aromatic carbocycles. The Morgan fingerprint density at radius 1 is 1.32 bits per heavy atom. The number of nitrogens with zero attached hydrogens (tertiary/aromatic N) is 2. The summed E-state index contributed by atoms with van der Waals surface area (Å²) in [6.45, 7) is 0. The summed E-state index contributed by atoms with van der Waals surface area (Å²) in [5.41, 5.74) is 2.47. The molecular formula is C13H10Cl2N2O2. The van der Waals surface area contributed by atoms with Crippen molar-refractivity contribution in [1.82, 2.24) is 9.78 Å². The number of rotatable bonds is 2. The average Bonchev–Trinajstić information content (AvgIpc) is 2.94. The van der Waals surface area contributed by atoms with Crippen LogP contribution < -0.4 is 0 Å². The molecule has 1 aliphatic rings. The van der Waals surface area contributed by atoms with E-state index in [1.807, 2.05) is 0 Å². The van der Waals surface area contributed by atoms with Gasteiger partial charge in [-0.15, -0.1) is 0 Å². The van der Waals surface area contributed by atoms with Crippen molar-refractivity contribution >= 4 is 29.2 Å². The standard InChI is InChI=1S/C13H10Cl2N2O2/c14-8-4-2-6-10(11(8)15)17-9-5-1-3-7(9)12(16-17)13(18)19/h2,4,6H,1,3,5H2,(H,18,19). The summed E-state index contributed by atoms with van der Waals surface area (Å²) in [6, 6.07) is 5.24. The summed E-state index contributed by atoms with van der Waals surface area (Å²) in [7, 11) is 0. The highest BCUT2D eigenvalue weighted by atomic mass is 35.5. The maximum Gasteiger partial charge on any atom is 0.356 e. The average molecular weight is 297 g/mol. The molecule has 1 aliphatic carbocycles. The van der Waals surface area contributed by atoms with Crippen molar-refractivity contribution < 1.29 is 9.90 Å². The highest BCUT2D eigenvalue weighted by Gasteiger charge is 2.27. The predicted molar refractivity (Wildman–Crippen MR) is 72.6 cm³/mol. The summed E-state index contributed by atoms with van der Waals surface area (Å²) >= 11 is 12.2. The van der Waals surface area contributed by atoms with E-state index in [-0.39, 0.29) is 5.69 Å². The lowest BCUT2D eigenvalue weighted by molar-refractivity contribution is 0.0689. The number of aromatic nitrogens is 2. The molecule has 0 fully saturated rings. The summed E-state index contributed by atoms with van der Waals surface area (Å²) in [5.74, 6) is -1.00. The number of carboxylic acid groups (broad SMARTS) is 1. The van der Waals surface area contributed by atoms with E-state index in [1.165, 1.54) is 0 Å². The van der Waals surface area contributed by atoms with E-state index < -0.39 is 5.97 Å². The number of hydrogen-bond donors (Lipinski definition) is 1. The van der Waals surface area contributed by atoms with Crippen LogP contribution in [0.2, 0.25) is 10.0 Å². The monoisotopic (exact) mass is 296 g/mol. The Hall–Kier alpha value is -1.52. The van der Waals surface area contributed by atoms with Gasteiger partial charge in [0.15, 0.2) is 5.69 Å². The molecule has 0 spiro atoms. The molecule has 0 radical (unpaired) electrons. The van der Waals surface area contributed by atoms with Crippen LogP contribution in [0.5, 0.6) is 0 Å². The second-order valence-electron chi connectivity index (χ2n) is 4.42. The van der Waals surface area contributed by atoms with Gasteiger partial charge in [-0.2, -0.15) is 5.10 Å². The van der Waals surface area contributed by atoms with Crippen LogP contribution in [0, 0.1) is 0 Å². The van der Waals surface area contributed by atoms with E-state index in [4.69, 9.17) is 23.2 Å². The Balaban J connectivity index is 2.24. The van der Waals surface area contributed by atoms with E-state index in [2.05, 4.69) is 5.10 Å². The topological polar surface area (TPSA) is 55.1 Å². The Morgan fingerprint density at radius 2 is 2.11 bits per heavy atom. The molecule has 0 saturated carbocycles. The predicted octanol–water partition coefficient (Wildman–Crippen LogP) is 3.37. The minimum absolute atomic E-state index is 0.114. The van der Waals surface area contributed by atoms with Gasteiger partial charge in [0, 0.05) is 11.3 Å². The Bertz CT molecular complexity index is 680. The number of halogens is 2. The minimum Gasteiger partial charge on any atom is -0.476 e. The first-order chi connectivity index (χ1) is 9.09. The lowest BCUT2D eigenvalue weighted by atomic mass is 10.2. The first kappa shape index (κ1) is 12.5. The molecule has 2 aromatic rings. The maximum absolute atomic E-state index is 11.2. The molecule has 0 saturated heterocycles. The van der Waals surface area contributed by atoms with Gasteiger partial charge < -0.3 is 5.11 Å². The van der Waals surface area contributed by atoms with Crippen LogP contribution in [0.3, 0.4) is 0 Å². The second-order valence-corrected chi connectivity index (χ2v) is 5.20. The fourth-order valence-corrected chi connectivity index (χ4v) is 2.84. The fraction of sp³-hybridized carbons (Fsp3) is 0.231. The van der Waals surface area contributed by atoms with Gasteiger partial charge in [0.2, 0.25) is 0 Å². The van der Waals surface area contributed by atoms with Gasteiger partial charge in [0.05, 0.1) is 15.7 Å². The second kappa shape index (κ2) is 4.54. The molecular weight excluding hydrogens is 287 g/mol. The smallest absolute Gasteiger partial charge is 0.356 e. The zero-order chi connectivity index (χ0) is 13.6. The molecule has 0 bridgehead atoms. The van der Waals surface area contributed by atoms with Crippen molar-refractivity contribution in [3.8, 4) is 5.69 Å². The van der Waals surface area contributed by atoms with E-state index in [1.54, 1.807) is 22.9 Å². The van der Waals surface area contributed by atoms with Gasteiger partial charge in [0.25, 0.3) is 0 Å². The normalized spacial score (nSPS) is 13.6. The third-order valence-corrected chi connectivity index (χ3v) is 4.10. The van der Waals surface area contributed by atoms with Crippen LogP contribution in [0.4, 0.5) is 0 Å². The van der Waals surface area contributed by atoms with Crippen molar-refractivity contribution in [3.05, 3.63) is 45.2 Å². The molecule has 1 N–H and O–H groups in total. The summed E-state index contributed by atoms with van der Waals surface area (Å²) in [5, 5.41) is 14.2. The third-order valence-electron chi connectivity index (χ3n) is 3.29. The number of carboxylic acids is 1. The van der Waals surface area contributed by atoms with Crippen molar-refractivity contribution in [2.75, 3.05) is 0 Å². The third kappa shape index (κ3) is 1.91. The van der Waals surface area contributed by atoms with Gasteiger partial charge in [0.1, 0.15) is 0 Å². The Labute approximate surface area is 119 Å². The van der Waals surface area contributed by atoms with Crippen molar-refractivity contribution in [2.45, 2.75) is 19.3 Å². The SMILES string of the molecule is O=C(O)c1nn(-c2cccc(Cl)c2Cl)c2c1CCC2. The van der Waals surface area contributed by atoms with Crippen molar-refractivity contribution in [3.63, 3.8) is 0 Å². The molecule has 0 unspecified atom stereocenters. The van der Waals surface area contributed by atoms with Crippen LogP contribution >= 0.6 is 23.2 Å². The number of carbonyl (C=O) groups is 1. The molecule has 0 aliphatic heterocycles. The first-order valence-electron chi connectivity index (χ1n) is 5.88. The molecule has 19 heavy (non-hydrogen) atoms. The highest BCUT2D eigenvalue weighted by molar-refractivity contribution is 6.43. The maximum atomic E-state index is 11.2. The summed E-state index contributed by atoms with van der Waals surface area (Å²) in [6.07, 6.45) is 2.49. The van der Waals surface area contributed by atoms with Gasteiger partial charge in [-0.3, -0.25) is 0 Å². The van der Waals surface area contributed by atoms with Crippen LogP contribution in [0.25, 0.3) is 5.69 Å². The molecule has 98 valence electrons. The lowest BCUT2D eigenvalue weighted by Crippen LogP contribution is -2.05. The van der Waals surface area contributed by atoms with Gasteiger partial charge >= 0.3 is 5.97 Å². The Kier molecular flexibility index (Phi) is 2.99. The van der Waals surface area contributed by atoms with E-state index in [0.29, 0.717) is 15.7 Å². The number of hydrogen-bond acceptors (Lipinski definition) is 2. The molecule has 1 heterocycles. The van der Waals surface area contributed by atoms with E-state index >= 15 is 0 Å². The lowest BCUT2D eigenvalue weighted by Gasteiger charge is -2.08. The first-order valence-corrected chi connectivity index (χ1v) is 6.63. The quantitative estimate of drug-likeness (QED) is 0.924. The highest BCUT2D eigenvalue weighted by Crippen LogP contribution is 2.33. The molecule has 4 nitrogen and oxygen atoms in total. The molecule has 1 aromatic heterocycles. The number of benzene rings is 1. The molecule has 6 heteroatoms. The molecule has 0 amide bonds. The van der Waals surface area contributed by atoms with Crippen LogP contribution in [0.15, 0.2) is 18.2 Å². The zero-order valence-corrected chi connectivity index (χ0v) is 11.4. The molecule has 3 rings (SSSR count). The summed E-state index contributed by atoms with van der Waals surface area (Å²) < 4.78 is 1.61. The van der Waals surface area contributed by atoms with Gasteiger partial charge in [-0.25, -0.2) is 9.48 Å². The minimum atomic E-state index is -1.00. The Morgan fingerprint density at radius 3 is 2.84 bits per heavy atom. The number of aromatic carboxylic acids is 1. The van der Waals surface area contributed by atoms with Crippen LogP contribution in [0.1, 0.15) is 28.2 Å². The van der Waals surface area contributed by atoms with Crippen LogP contribution in [-0.2, 0) is 12.8 Å². The van der Waals surface area contributed by atoms with Gasteiger partial charge in [-0.1, -0.05) is 29.3 Å². The van der Waals surface area contributed by atoms with Crippen molar-refractivity contribution in [1.29, 1.82) is 0 Å². The van der Waals surface area contributed by atoms with E-state index in [0.717, 1.165) is 30.5 Å². The van der Waals surface area contributed by atoms with Gasteiger partial charge in [-0.05, 0) is 31.4 Å². The molecule has 0 atom stereocenters. The van der Waals surface area contributed by atoms with E-state index in [9.17, 15) is 9.90 Å². The van der Waals surface area contributed by atoms with Crippen molar-refractivity contribution in [2.24, 2.45) is 0 Å². The fourth-order valence-electron chi connectivity index (χ4n) is 2.46. The largest absolute Gasteiger partial charge is 0.476 e. The number of fused-ring (bicyclic) bond motifs is 1. The summed E-state index contributed by atoms with van der Waals surface area (Å²) in [4.78, 5) is 11.2. The van der Waals surface area contributed by atoms with Crippen LogP contribution in [-0.4, -0.2) is 20.9 Å².